The Morgan fingerprint density at radius 2 is 1.79 bits per heavy atom. The standard InChI is InChI=1S/C20H17ClO8/c1-20(2,8-21)19(27)29-13-5-9(3-4-11(13)23)18-17(26)16(25)15-12(24)6-10(22)7-14(15)28-18/h3-7,22-24,26H,8H2,1-2H3. The molecule has 0 atom stereocenters. The van der Waals surface area contributed by atoms with Gasteiger partial charge in [-0.3, -0.25) is 9.59 Å². The number of ether oxygens (including phenoxy) is 1. The molecule has 9 heteroatoms. The molecule has 0 bridgehead atoms. The van der Waals surface area contributed by atoms with Gasteiger partial charge in [0.1, 0.15) is 22.5 Å². The van der Waals surface area contributed by atoms with Crippen LogP contribution >= 0.6 is 11.6 Å². The van der Waals surface area contributed by atoms with Crippen LogP contribution in [0.1, 0.15) is 13.8 Å². The topological polar surface area (TPSA) is 137 Å². The molecule has 0 unspecified atom stereocenters. The second kappa shape index (κ2) is 7.21. The lowest BCUT2D eigenvalue weighted by Crippen LogP contribution is -2.30. The highest BCUT2D eigenvalue weighted by Crippen LogP contribution is 2.38. The highest BCUT2D eigenvalue weighted by Gasteiger charge is 2.30. The predicted octanol–water partition coefficient (Wildman–Crippen LogP) is 3.45. The summed E-state index contributed by atoms with van der Waals surface area (Å²) in [4.78, 5) is 24.7. The van der Waals surface area contributed by atoms with Gasteiger partial charge in [0.05, 0.1) is 5.41 Å². The second-order valence-corrected chi connectivity index (χ2v) is 7.30. The Labute approximate surface area is 169 Å². The minimum Gasteiger partial charge on any atom is -0.508 e. The molecule has 29 heavy (non-hydrogen) atoms. The van der Waals surface area contributed by atoms with E-state index in [1.807, 2.05) is 0 Å². The molecule has 3 aromatic rings. The number of hydrogen-bond donors (Lipinski definition) is 4. The highest BCUT2D eigenvalue weighted by atomic mass is 35.5. The normalized spacial score (nSPS) is 11.6. The molecule has 0 aliphatic carbocycles. The van der Waals surface area contributed by atoms with Crippen LogP contribution in [0.2, 0.25) is 0 Å². The first-order valence-electron chi connectivity index (χ1n) is 8.38. The van der Waals surface area contributed by atoms with Crippen LogP contribution in [0.25, 0.3) is 22.3 Å². The summed E-state index contributed by atoms with van der Waals surface area (Å²) < 4.78 is 10.7. The van der Waals surface area contributed by atoms with E-state index in [1.54, 1.807) is 13.8 Å². The number of alkyl halides is 1. The van der Waals surface area contributed by atoms with E-state index >= 15 is 0 Å². The van der Waals surface area contributed by atoms with Crippen LogP contribution in [0.5, 0.6) is 28.7 Å². The minimum atomic E-state index is -1.02. The zero-order chi connectivity index (χ0) is 21.5. The van der Waals surface area contributed by atoms with Crippen LogP contribution < -0.4 is 10.2 Å². The van der Waals surface area contributed by atoms with Gasteiger partial charge in [-0.1, -0.05) is 0 Å². The van der Waals surface area contributed by atoms with Gasteiger partial charge in [0.25, 0.3) is 0 Å². The van der Waals surface area contributed by atoms with E-state index in [9.17, 15) is 30.0 Å². The largest absolute Gasteiger partial charge is 0.508 e. The van der Waals surface area contributed by atoms with Crippen molar-refractivity contribution in [3.05, 3.63) is 40.6 Å². The van der Waals surface area contributed by atoms with Crippen LogP contribution in [0.15, 0.2) is 39.5 Å². The molecular formula is C20H17ClO8. The predicted molar refractivity (Wildman–Crippen MR) is 105 cm³/mol. The third-order valence-electron chi connectivity index (χ3n) is 4.25. The number of aromatic hydroxyl groups is 4. The number of hydrogen-bond acceptors (Lipinski definition) is 8. The van der Waals surface area contributed by atoms with E-state index in [4.69, 9.17) is 20.8 Å². The molecule has 0 radical (unpaired) electrons. The molecule has 0 aliphatic heterocycles. The van der Waals surface area contributed by atoms with Crippen molar-refractivity contribution in [3.63, 3.8) is 0 Å². The lowest BCUT2D eigenvalue weighted by Gasteiger charge is -2.19. The first kappa shape index (κ1) is 20.3. The number of fused-ring (bicyclic) bond motifs is 1. The number of esters is 1. The smallest absolute Gasteiger partial charge is 0.318 e. The van der Waals surface area contributed by atoms with Gasteiger partial charge in [0.15, 0.2) is 17.3 Å². The zero-order valence-electron chi connectivity index (χ0n) is 15.4. The van der Waals surface area contributed by atoms with E-state index in [0.717, 1.165) is 12.1 Å². The zero-order valence-corrected chi connectivity index (χ0v) is 16.1. The third-order valence-corrected chi connectivity index (χ3v) is 4.91. The summed E-state index contributed by atoms with van der Waals surface area (Å²) in [5.41, 5.74) is -2.01. The van der Waals surface area contributed by atoms with Gasteiger partial charge < -0.3 is 29.6 Å². The van der Waals surface area contributed by atoms with Crippen molar-refractivity contribution >= 4 is 28.5 Å². The molecule has 0 aliphatic rings. The maximum atomic E-state index is 12.5. The van der Waals surface area contributed by atoms with Crippen molar-refractivity contribution < 1.29 is 34.4 Å². The minimum absolute atomic E-state index is 0.0143. The maximum absolute atomic E-state index is 12.5. The molecule has 3 rings (SSSR count). The van der Waals surface area contributed by atoms with Gasteiger partial charge in [-0.15, -0.1) is 11.6 Å². The molecule has 2 aromatic carbocycles. The lowest BCUT2D eigenvalue weighted by molar-refractivity contribution is -0.142. The van der Waals surface area contributed by atoms with Crippen LogP contribution in [0, 0.1) is 5.41 Å². The lowest BCUT2D eigenvalue weighted by atomic mass is 9.97. The fourth-order valence-electron chi connectivity index (χ4n) is 2.50. The van der Waals surface area contributed by atoms with Gasteiger partial charge >= 0.3 is 5.97 Å². The number of carbonyl (C=O) groups is 1. The van der Waals surface area contributed by atoms with E-state index in [2.05, 4.69) is 0 Å². The molecule has 152 valence electrons. The maximum Gasteiger partial charge on any atom is 0.318 e. The average Bonchev–Trinajstić information content (AvgIpc) is 2.65. The Balaban J connectivity index is 2.15. The van der Waals surface area contributed by atoms with Crippen LogP contribution in [0.4, 0.5) is 0 Å². The molecule has 0 fully saturated rings. The first-order chi connectivity index (χ1) is 13.5. The SMILES string of the molecule is CC(C)(CCl)C(=O)Oc1cc(-c2oc3cc(O)cc(O)c3c(=O)c2O)ccc1O. The first-order valence-corrected chi connectivity index (χ1v) is 8.92. The van der Waals surface area contributed by atoms with Crippen molar-refractivity contribution in [2.24, 2.45) is 5.41 Å². The van der Waals surface area contributed by atoms with Gasteiger partial charge in [0, 0.05) is 23.6 Å². The molecule has 0 saturated carbocycles. The number of benzene rings is 2. The summed E-state index contributed by atoms with van der Waals surface area (Å²) >= 11 is 5.75. The Hall–Kier alpha value is -3.39. The summed E-state index contributed by atoms with van der Waals surface area (Å²) in [6.07, 6.45) is 0. The van der Waals surface area contributed by atoms with Crippen molar-refractivity contribution in [2.45, 2.75) is 13.8 Å². The fourth-order valence-corrected chi connectivity index (χ4v) is 2.61. The van der Waals surface area contributed by atoms with Crippen molar-refractivity contribution in [1.29, 1.82) is 0 Å². The number of carbonyl (C=O) groups excluding carboxylic acids is 1. The van der Waals surface area contributed by atoms with Gasteiger partial charge in [-0.25, -0.2) is 0 Å². The monoisotopic (exact) mass is 420 g/mol. The number of rotatable bonds is 4. The van der Waals surface area contributed by atoms with E-state index in [0.29, 0.717) is 0 Å². The van der Waals surface area contributed by atoms with E-state index < -0.39 is 28.3 Å². The number of halogens is 1. The van der Waals surface area contributed by atoms with E-state index in [-0.39, 0.29) is 45.4 Å². The summed E-state index contributed by atoms with van der Waals surface area (Å²) in [6.45, 7) is 3.13. The summed E-state index contributed by atoms with van der Waals surface area (Å²) in [5.74, 6) is -3.31. The van der Waals surface area contributed by atoms with Gasteiger partial charge in [0.2, 0.25) is 11.2 Å². The summed E-state index contributed by atoms with van der Waals surface area (Å²) in [7, 11) is 0. The van der Waals surface area contributed by atoms with E-state index in [1.165, 1.54) is 18.2 Å². The molecule has 1 aromatic heterocycles. The Morgan fingerprint density at radius 1 is 1.10 bits per heavy atom. The molecule has 0 amide bonds. The fraction of sp³-hybridized carbons (Fsp3) is 0.200. The van der Waals surface area contributed by atoms with Crippen molar-refractivity contribution in [3.8, 4) is 40.1 Å². The molecular weight excluding hydrogens is 404 g/mol. The van der Waals surface area contributed by atoms with Crippen molar-refractivity contribution in [1.82, 2.24) is 0 Å². The molecule has 4 N–H and O–H groups in total. The summed E-state index contributed by atoms with van der Waals surface area (Å²) in [5, 5.41) is 39.5. The second-order valence-electron chi connectivity index (χ2n) is 7.04. The molecule has 8 nitrogen and oxygen atoms in total. The van der Waals surface area contributed by atoms with Crippen LogP contribution in [-0.4, -0.2) is 32.3 Å². The number of phenolic OH excluding ortho intramolecular Hbond substituents is 3. The van der Waals surface area contributed by atoms with Gasteiger partial charge in [-0.05, 0) is 32.0 Å². The van der Waals surface area contributed by atoms with Gasteiger partial charge in [-0.2, -0.15) is 0 Å². The van der Waals surface area contributed by atoms with Crippen LogP contribution in [-0.2, 0) is 4.79 Å². The van der Waals surface area contributed by atoms with Crippen LogP contribution in [0.3, 0.4) is 0 Å². The Bertz CT molecular complexity index is 1180. The average molecular weight is 421 g/mol. The summed E-state index contributed by atoms with van der Waals surface area (Å²) in [6, 6.07) is 5.75. The van der Waals surface area contributed by atoms with Crippen molar-refractivity contribution in [2.75, 3.05) is 5.88 Å². The Morgan fingerprint density at radius 3 is 2.45 bits per heavy atom. The Kier molecular flexibility index (Phi) is 5.06. The molecule has 1 heterocycles. The highest BCUT2D eigenvalue weighted by molar-refractivity contribution is 6.19. The number of phenols is 3. The molecule has 0 spiro atoms. The third kappa shape index (κ3) is 3.66. The molecule has 0 saturated heterocycles. The quantitative estimate of drug-likeness (QED) is 0.286.